The van der Waals surface area contributed by atoms with E-state index in [2.05, 4.69) is 26.6 Å². The quantitative estimate of drug-likeness (QED) is 0.728. The molecule has 0 fully saturated rings. The third-order valence-electron chi connectivity index (χ3n) is 2.36. The average Bonchev–Trinajstić information content (AvgIpc) is 2.28. The van der Waals surface area contributed by atoms with Crippen LogP contribution in [0.25, 0.3) is 0 Å². The number of rotatable bonds is 5. The first-order valence-electron chi connectivity index (χ1n) is 5.51. The zero-order valence-corrected chi connectivity index (χ0v) is 11.4. The van der Waals surface area contributed by atoms with Crippen molar-refractivity contribution < 1.29 is 9.90 Å². The van der Waals surface area contributed by atoms with Crippen LogP contribution in [-0.4, -0.2) is 24.3 Å². The lowest BCUT2D eigenvalue weighted by molar-refractivity contribution is 0.237. The molecule has 17 heavy (non-hydrogen) atoms. The fourth-order valence-corrected chi connectivity index (χ4v) is 1.85. The molecule has 1 aromatic carbocycles. The molecule has 0 saturated carbocycles. The zero-order chi connectivity index (χ0) is 12.7. The van der Waals surface area contributed by atoms with Crippen LogP contribution in [0.5, 0.6) is 0 Å². The van der Waals surface area contributed by atoms with Gasteiger partial charge in [0, 0.05) is 24.2 Å². The molecular formula is C12H17BrN2O2. The number of carbonyl (C=O) groups is 1. The smallest absolute Gasteiger partial charge is 0.315 e. The number of benzene rings is 1. The van der Waals surface area contributed by atoms with Gasteiger partial charge in [-0.05, 0) is 36.6 Å². The normalized spacial score (nSPS) is 10.1. The van der Waals surface area contributed by atoms with Gasteiger partial charge >= 0.3 is 6.03 Å². The predicted octanol–water partition coefficient (Wildman–Crippen LogP) is 1.94. The van der Waals surface area contributed by atoms with Crippen LogP contribution in [0.3, 0.4) is 0 Å². The fourth-order valence-electron chi connectivity index (χ4n) is 1.38. The van der Waals surface area contributed by atoms with Gasteiger partial charge in [-0.2, -0.15) is 0 Å². The van der Waals surface area contributed by atoms with E-state index in [9.17, 15) is 4.79 Å². The van der Waals surface area contributed by atoms with Gasteiger partial charge in [0.2, 0.25) is 0 Å². The topological polar surface area (TPSA) is 61.4 Å². The first-order valence-corrected chi connectivity index (χ1v) is 6.30. The van der Waals surface area contributed by atoms with Crippen LogP contribution in [0.15, 0.2) is 22.7 Å². The van der Waals surface area contributed by atoms with Crippen molar-refractivity contribution >= 4 is 22.0 Å². The highest BCUT2D eigenvalue weighted by Crippen LogP contribution is 2.15. The SMILES string of the molecule is Cc1cc(Br)ccc1CNC(=O)NCCCO. The van der Waals surface area contributed by atoms with Crippen LogP contribution < -0.4 is 10.6 Å². The Kier molecular flexibility index (Phi) is 6.00. The van der Waals surface area contributed by atoms with Crippen LogP contribution in [0.4, 0.5) is 4.79 Å². The summed E-state index contributed by atoms with van der Waals surface area (Å²) >= 11 is 3.40. The average molecular weight is 301 g/mol. The van der Waals surface area contributed by atoms with Crippen LogP contribution in [-0.2, 0) is 6.54 Å². The number of halogens is 1. The van der Waals surface area contributed by atoms with Crippen molar-refractivity contribution in [1.82, 2.24) is 10.6 Å². The lowest BCUT2D eigenvalue weighted by atomic mass is 10.1. The van der Waals surface area contributed by atoms with E-state index in [4.69, 9.17) is 5.11 Å². The molecule has 0 spiro atoms. The summed E-state index contributed by atoms with van der Waals surface area (Å²) in [5, 5.41) is 14.0. The van der Waals surface area contributed by atoms with Crippen molar-refractivity contribution in [3.05, 3.63) is 33.8 Å². The molecule has 3 N–H and O–H groups in total. The third-order valence-corrected chi connectivity index (χ3v) is 2.86. The molecule has 0 aliphatic carbocycles. The molecule has 0 bridgehead atoms. The van der Waals surface area contributed by atoms with E-state index in [0.29, 0.717) is 19.5 Å². The van der Waals surface area contributed by atoms with Crippen LogP contribution >= 0.6 is 15.9 Å². The first kappa shape index (κ1) is 14.0. The van der Waals surface area contributed by atoms with Crippen LogP contribution in [0, 0.1) is 6.92 Å². The van der Waals surface area contributed by atoms with Gasteiger partial charge < -0.3 is 15.7 Å². The first-order chi connectivity index (χ1) is 8.13. The van der Waals surface area contributed by atoms with Crippen molar-refractivity contribution in [2.75, 3.05) is 13.2 Å². The zero-order valence-electron chi connectivity index (χ0n) is 9.79. The number of carbonyl (C=O) groups excluding carboxylic acids is 1. The van der Waals surface area contributed by atoms with Crippen molar-refractivity contribution in [3.8, 4) is 0 Å². The minimum absolute atomic E-state index is 0.0894. The van der Waals surface area contributed by atoms with E-state index in [1.165, 1.54) is 0 Å². The molecule has 5 heteroatoms. The summed E-state index contributed by atoms with van der Waals surface area (Å²) in [5.41, 5.74) is 2.22. The maximum Gasteiger partial charge on any atom is 0.315 e. The second-order valence-electron chi connectivity index (χ2n) is 3.76. The van der Waals surface area contributed by atoms with E-state index in [-0.39, 0.29) is 12.6 Å². The lowest BCUT2D eigenvalue weighted by Gasteiger charge is -2.09. The molecule has 1 rings (SSSR count). The van der Waals surface area contributed by atoms with Crippen LogP contribution in [0.2, 0.25) is 0 Å². The number of amides is 2. The lowest BCUT2D eigenvalue weighted by Crippen LogP contribution is -2.35. The Morgan fingerprint density at radius 2 is 2.18 bits per heavy atom. The highest BCUT2D eigenvalue weighted by Gasteiger charge is 2.02. The Morgan fingerprint density at radius 3 is 2.82 bits per heavy atom. The molecule has 94 valence electrons. The van der Waals surface area contributed by atoms with Gasteiger partial charge in [-0.3, -0.25) is 0 Å². The molecule has 0 radical (unpaired) electrons. The van der Waals surface area contributed by atoms with Gasteiger partial charge in [0.15, 0.2) is 0 Å². The Labute approximate surface area is 110 Å². The minimum Gasteiger partial charge on any atom is -0.396 e. The van der Waals surface area contributed by atoms with Gasteiger partial charge in [-0.1, -0.05) is 22.0 Å². The summed E-state index contributed by atoms with van der Waals surface area (Å²) in [5.74, 6) is 0. The second-order valence-corrected chi connectivity index (χ2v) is 4.67. The highest BCUT2D eigenvalue weighted by molar-refractivity contribution is 9.10. The van der Waals surface area contributed by atoms with Gasteiger partial charge in [-0.15, -0.1) is 0 Å². The molecule has 0 aliphatic heterocycles. The summed E-state index contributed by atoms with van der Waals surface area (Å²) in [7, 11) is 0. The molecule has 0 aromatic heterocycles. The van der Waals surface area contributed by atoms with E-state index < -0.39 is 0 Å². The Morgan fingerprint density at radius 1 is 1.41 bits per heavy atom. The van der Waals surface area contributed by atoms with Crippen molar-refractivity contribution in [2.45, 2.75) is 19.9 Å². The Bertz CT molecular complexity index is 383. The van der Waals surface area contributed by atoms with E-state index >= 15 is 0 Å². The van der Waals surface area contributed by atoms with Gasteiger partial charge in [0.05, 0.1) is 0 Å². The Hall–Kier alpha value is -1.07. The second kappa shape index (κ2) is 7.29. The number of nitrogens with one attached hydrogen (secondary N) is 2. The third kappa shape index (κ3) is 5.19. The van der Waals surface area contributed by atoms with Gasteiger partial charge in [0.1, 0.15) is 0 Å². The standard InChI is InChI=1S/C12H17BrN2O2/c1-9-7-11(13)4-3-10(9)8-15-12(17)14-5-2-6-16/h3-4,7,16H,2,5-6,8H2,1H3,(H2,14,15,17). The number of urea groups is 1. The summed E-state index contributed by atoms with van der Waals surface area (Å²) in [6, 6.07) is 5.74. The number of aliphatic hydroxyl groups is 1. The number of hydrogen-bond donors (Lipinski definition) is 3. The predicted molar refractivity (Wildman–Crippen MR) is 70.8 cm³/mol. The molecule has 4 nitrogen and oxygen atoms in total. The summed E-state index contributed by atoms with van der Waals surface area (Å²) in [4.78, 5) is 11.4. The summed E-state index contributed by atoms with van der Waals surface area (Å²) in [6.45, 7) is 3.09. The number of aryl methyl sites for hydroxylation is 1. The van der Waals surface area contributed by atoms with Crippen molar-refractivity contribution in [2.24, 2.45) is 0 Å². The van der Waals surface area contributed by atoms with Crippen LogP contribution in [0.1, 0.15) is 17.5 Å². The molecule has 0 atom stereocenters. The maximum atomic E-state index is 11.4. The number of hydrogen-bond acceptors (Lipinski definition) is 2. The molecule has 0 unspecified atom stereocenters. The minimum atomic E-state index is -0.208. The fraction of sp³-hybridized carbons (Fsp3) is 0.417. The monoisotopic (exact) mass is 300 g/mol. The van der Waals surface area contributed by atoms with Gasteiger partial charge in [-0.25, -0.2) is 4.79 Å². The summed E-state index contributed by atoms with van der Waals surface area (Å²) < 4.78 is 1.03. The molecule has 1 aromatic rings. The van der Waals surface area contributed by atoms with E-state index in [1.54, 1.807) is 0 Å². The van der Waals surface area contributed by atoms with E-state index in [1.807, 2.05) is 25.1 Å². The largest absolute Gasteiger partial charge is 0.396 e. The van der Waals surface area contributed by atoms with Crippen molar-refractivity contribution in [3.63, 3.8) is 0 Å². The molecule has 2 amide bonds. The summed E-state index contributed by atoms with van der Waals surface area (Å²) in [6.07, 6.45) is 0.574. The van der Waals surface area contributed by atoms with Crippen molar-refractivity contribution in [1.29, 1.82) is 0 Å². The Balaban J connectivity index is 2.37. The molecule has 0 saturated heterocycles. The van der Waals surface area contributed by atoms with E-state index in [0.717, 1.165) is 15.6 Å². The highest BCUT2D eigenvalue weighted by atomic mass is 79.9. The number of aliphatic hydroxyl groups excluding tert-OH is 1. The maximum absolute atomic E-state index is 11.4. The molecule has 0 heterocycles. The molecule has 0 aliphatic rings. The molecular weight excluding hydrogens is 284 g/mol. The van der Waals surface area contributed by atoms with Gasteiger partial charge in [0.25, 0.3) is 0 Å².